The highest BCUT2D eigenvalue weighted by molar-refractivity contribution is 7.89. The summed E-state index contributed by atoms with van der Waals surface area (Å²) in [5.41, 5.74) is 1.30. The molecule has 32 heavy (non-hydrogen) atoms. The van der Waals surface area contributed by atoms with Gasteiger partial charge in [-0.05, 0) is 30.3 Å². The van der Waals surface area contributed by atoms with E-state index in [1.165, 1.54) is 27.8 Å². The lowest BCUT2D eigenvalue weighted by molar-refractivity contribution is 0.102. The molecule has 0 bridgehead atoms. The van der Waals surface area contributed by atoms with Crippen molar-refractivity contribution in [2.24, 2.45) is 0 Å². The number of sulfonamides is 1. The molecular weight excluding hydrogens is 450 g/mol. The van der Waals surface area contributed by atoms with Crippen LogP contribution in [0.25, 0.3) is 10.6 Å². The second kappa shape index (κ2) is 10.1. The number of hydrogen-bond acceptors (Lipinski definition) is 7. The Bertz CT molecular complexity index is 1200. The number of hydrogen-bond donors (Lipinski definition) is 1. The minimum absolute atomic E-state index is 0.124. The molecule has 0 radical (unpaired) electrons. The Morgan fingerprint density at radius 3 is 2.47 bits per heavy atom. The summed E-state index contributed by atoms with van der Waals surface area (Å²) in [7, 11) is -0.532. The fourth-order valence-corrected chi connectivity index (χ4v) is 5.53. The summed E-state index contributed by atoms with van der Waals surface area (Å²) in [6, 6.07) is 11.6. The highest BCUT2D eigenvalue weighted by Crippen LogP contribution is 2.39. The quantitative estimate of drug-likeness (QED) is 0.500. The zero-order valence-electron chi connectivity index (χ0n) is 18.3. The molecular formula is C22H25N3O5S2. The van der Waals surface area contributed by atoms with Crippen LogP contribution in [0.2, 0.25) is 0 Å². The summed E-state index contributed by atoms with van der Waals surface area (Å²) >= 11 is 1.30. The molecule has 0 saturated heterocycles. The summed E-state index contributed by atoms with van der Waals surface area (Å²) in [6.07, 6.45) is 0. The predicted octanol–water partition coefficient (Wildman–Crippen LogP) is 4.11. The van der Waals surface area contributed by atoms with Crippen LogP contribution in [-0.2, 0) is 10.0 Å². The summed E-state index contributed by atoms with van der Waals surface area (Å²) in [5, 5.41) is 4.97. The van der Waals surface area contributed by atoms with Crippen LogP contribution in [0.3, 0.4) is 0 Å². The van der Waals surface area contributed by atoms with Gasteiger partial charge < -0.3 is 14.8 Å². The molecule has 8 nitrogen and oxygen atoms in total. The number of methoxy groups -OCH3 is 2. The molecule has 2 aromatic carbocycles. The van der Waals surface area contributed by atoms with Crippen molar-refractivity contribution in [3.63, 3.8) is 0 Å². The van der Waals surface area contributed by atoms with E-state index in [1.807, 2.05) is 12.1 Å². The average molecular weight is 476 g/mol. The SMILES string of the molecule is CCN(CC)S(=O)(=O)c1cccc(NC(=O)c2csc(-c3cccc(OC)c3OC)n2)c1. The van der Waals surface area contributed by atoms with Gasteiger partial charge in [0, 0.05) is 24.2 Å². The molecule has 0 unspecified atom stereocenters. The third-order valence-electron chi connectivity index (χ3n) is 4.81. The lowest BCUT2D eigenvalue weighted by atomic mass is 10.2. The molecule has 0 aliphatic carbocycles. The number of carbonyl (C=O) groups excluding carboxylic acids is 1. The number of ether oxygens (including phenoxy) is 2. The number of carbonyl (C=O) groups is 1. The lowest BCUT2D eigenvalue weighted by Gasteiger charge is -2.18. The highest BCUT2D eigenvalue weighted by Gasteiger charge is 2.22. The van der Waals surface area contributed by atoms with Gasteiger partial charge in [-0.2, -0.15) is 4.31 Å². The highest BCUT2D eigenvalue weighted by atomic mass is 32.2. The minimum Gasteiger partial charge on any atom is -0.493 e. The van der Waals surface area contributed by atoms with E-state index in [0.717, 1.165) is 0 Å². The number of amides is 1. The maximum atomic E-state index is 12.8. The van der Waals surface area contributed by atoms with Gasteiger partial charge in [-0.3, -0.25) is 4.79 Å². The average Bonchev–Trinajstić information content (AvgIpc) is 3.29. The van der Waals surface area contributed by atoms with Crippen LogP contribution >= 0.6 is 11.3 Å². The van der Waals surface area contributed by atoms with E-state index in [2.05, 4.69) is 10.3 Å². The van der Waals surface area contributed by atoms with Crippen molar-refractivity contribution in [3.8, 4) is 22.1 Å². The van der Waals surface area contributed by atoms with Crippen LogP contribution in [-0.4, -0.2) is 50.9 Å². The van der Waals surface area contributed by atoms with Gasteiger partial charge in [-0.15, -0.1) is 11.3 Å². The molecule has 170 valence electrons. The molecule has 0 fully saturated rings. The zero-order chi connectivity index (χ0) is 23.3. The third kappa shape index (κ3) is 4.77. The van der Waals surface area contributed by atoms with E-state index in [-0.39, 0.29) is 10.6 Å². The van der Waals surface area contributed by atoms with Crippen LogP contribution in [0.1, 0.15) is 24.3 Å². The Morgan fingerprint density at radius 2 is 1.81 bits per heavy atom. The third-order valence-corrected chi connectivity index (χ3v) is 7.73. The van der Waals surface area contributed by atoms with E-state index >= 15 is 0 Å². The number of nitrogens with zero attached hydrogens (tertiary/aromatic N) is 2. The minimum atomic E-state index is -3.63. The van der Waals surface area contributed by atoms with Crippen molar-refractivity contribution in [3.05, 3.63) is 53.5 Å². The van der Waals surface area contributed by atoms with Gasteiger partial charge >= 0.3 is 0 Å². The van der Waals surface area contributed by atoms with E-state index < -0.39 is 15.9 Å². The smallest absolute Gasteiger partial charge is 0.275 e. The Balaban J connectivity index is 1.84. The van der Waals surface area contributed by atoms with Crippen LogP contribution in [0.4, 0.5) is 5.69 Å². The molecule has 1 amide bonds. The number of anilines is 1. The number of thiazole rings is 1. The second-order valence-electron chi connectivity index (χ2n) is 6.65. The first kappa shape index (κ1) is 23.7. The fourth-order valence-electron chi connectivity index (χ4n) is 3.20. The van der Waals surface area contributed by atoms with Crippen molar-refractivity contribution >= 4 is 33.0 Å². The van der Waals surface area contributed by atoms with Crippen LogP contribution < -0.4 is 14.8 Å². The lowest BCUT2D eigenvalue weighted by Crippen LogP contribution is -2.30. The Hall–Kier alpha value is -2.95. The number of nitrogens with one attached hydrogen (secondary N) is 1. The van der Waals surface area contributed by atoms with Crippen LogP contribution in [0.15, 0.2) is 52.7 Å². The molecule has 10 heteroatoms. The molecule has 0 aliphatic rings. The van der Waals surface area contributed by atoms with Gasteiger partial charge in [0.05, 0.1) is 24.7 Å². The van der Waals surface area contributed by atoms with E-state index in [1.54, 1.807) is 51.6 Å². The van der Waals surface area contributed by atoms with Gasteiger partial charge in [0.2, 0.25) is 10.0 Å². The molecule has 0 atom stereocenters. The van der Waals surface area contributed by atoms with Crippen molar-refractivity contribution in [1.82, 2.24) is 9.29 Å². The number of aromatic nitrogens is 1. The van der Waals surface area contributed by atoms with Crippen molar-refractivity contribution in [2.75, 3.05) is 32.6 Å². The maximum Gasteiger partial charge on any atom is 0.275 e. The molecule has 0 saturated carbocycles. The molecule has 1 heterocycles. The van der Waals surface area contributed by atoms with Crippen molar-refractivity contribution in [2.45, 2.75) is 18.7 Å². The molecule has 1 aromatic heterocycles. The van der Waals surface area contributed by atoms with Gasteiger partial charge in [-0.1, -0.05) is 26.0 Å². The molecule has 3 rings (SSSR count). The molecule has 3 aromatic rings. The van der Waals surface area contributed by atoms with Crippen LogP contribution in [0.5, 0.6) is 11.5 Å². The second-order valence-corrected chi connectivity index (χ2v) is 9.45. The number of benzene rings is 2. The molecule has 0 aliphatic heterocycles. The normalized spacial score (nSPS) is 11.4. The summed E-state index contributed by atoms with van der Waals surface area (Å²) < 4.78 is 37.6. The Labute approximate surface area is 191 Å². The monoisotopic (exact) mass is 475 g/mol. The standard InChI is InChI=1S/C22H25N3O5S2/c1-5-25(6-2)32(27,28)16-10-7-9-15(13-16)23-21(26)18-14-31-22(24-18)17-11-8-12-19(29-3)20(17)30-4/h7-14H,5-6H2,1-4H3,(H,23,26). The van der Waals surface area contributed by atoms with E-state index in [0.29, 0.717) is 40.8 Å². The van der Waals surface area contributed by atoms with E-state index in [9.17, 15) is 13.2 Å². The number of rotatable bonds is 9. The van der Waals surface area contributed by atoms with Gasteiger partial charge in [0.1, 0.15) is 10.7 Å². The Kier molecular flexibility index (Phi) is 7.49. The Morgan fingerprint density at radius 1 is 1.09 bits per heavy atom. The summed E-state index contributed by atoms with van der Waals surface area (Å²) in [5.74, 6) is 0.662. The first-order valence-corrected chi connectivity index (χ1v) is 12.3. The molecule has 0 spiro atoms. The van der Waals surface area contributed by atoms with Gasteiger partial charge in [0.25, 0.3) is 5.91 Å². The summed E-state index contributed by atoms with van der Waals surface area (Å²) in [6.45, 7) is 4.29. The van der Waals surface area contributed by atoms with Crippen LogP contribution in [0, 0.1) is 0 Å². The summed E-state index contributed by atoms with van der Waals surface area (Å²) in [4.78, 5) is 17.3. The largest absolute Gasteiger partial charge is 0.493 e. The number of para-hydroxylation sites is 1. The van der Waals surface area contributed by atoms with Crippen molar-refractivity contribution < 1.29 is 22.7 Å². The van der Waals surface area contributed by atoms with Gasteiger partial charge in [-0.25, -0.2) is 13.4 Å². The maximum absolute atomic E-state index is 12.8. The topological polar surface area (TPSA) is 97.8 Å². The predicted molar refractivity (Wildman–Crippen MR) is 125 cm³/mol. The van der Waals surface area contributed by atoms with Gasteiger partial charge in [0.15, 0.2) is 11.5 Å². The van der Waals surface area contributed by atoms with E-state index in [4.69, 9.17) is 9.47 Å². The fraction of sp³-hybridized carbons (Fsp3) is 0.273. The first-order valence-electron chi connectivity index (χ1n) is 9.94. The zero-order valence-corrected chi connectivity index (χ0v) is 19.9. The first-order chi connectivity index (χ1) is 15.3. The van der Waals surface area contributed by atoms with Crippen molar-refractivity contribution in [1.29, 1.82) is 0 Å². The molecule has 1 N–H and O–H groups in total.